The van der Waals surface area contributed by atoms with Crippen LogP contribution in [0.25, 0.3) is 0 Å². The number of hydrogen-bond acceptors (Lipinski definition) is 1. The molecule has 1 fully saturated rings. The van der Waals surface area contributed by atoms with Crippen molar-refractivity contribution >= 4 is 0 Å². The summed E-state index contributed by atoms with van der Waals surface area (Å²) in [6, 6.07) is 6.25. The van der Waals surface area contributed by atoms with Gasteiger partial charge in [0.25, 0.3) is 0 Å². The van der Waals surface area contributed by atoms with Gasteiger partial charge in [0.05, 0.1) is 13.1 Å². The van der Waals surface area contributed by atoms with E-state index in [2.05, 4.69) is 13.8 Å². The maximum atomic E-state index is 12.7. The third kappa shape index (κ3) is 3.98. The fourth-order valence-corrected chi connectivity index (χ4v) is 2.97. The molecule has 2 rings (SSSR count). The molecular weight excluding hydrogens is 229 g/mol. The van der Waals surface area contributed by atoms with E-state index in [1.165, 1.54) is 31.6 Å². The monoisotopic (exact) mass is 252 g/mol. The summed E-state index contributed by atoms with van der Waals surface area (Å²) in [5.74, 6) is 2.17. The molecule has 0 spiro atoms. The van der Waals surface area contributed by atoms with Gasteiger partial charge in [-0.3, -0.25) is 0 Å². The Labute approximate surface area is 109 Å². The normalized spacial score (nSPS) is 28.1. The average Bonchev–Trinajstić information content (AvgIpc) is 2.30. The molecule has 0 bridgehead atoms. The van der Waals surface area contributed by atoms with Crippen LogP contribution in [0.5, 0.6) is 5.75 Å². The molecule has 0 radical (unpaired) electrons. The Morgan fingerprint density at radius 1 is 1.17 bits per heavy atom. The molecule has 18 heavy (non-hydrogen) atoms. The van der Waals surface area contributed by atoms with E-state index in [-0.39, 0.29) is 5.82 Å². The van der Waals surface area contributed by atoms with Crippen LogP contribution in [0.15, 0.2) is 24.3 Å². The lowest BCUT2D eigenvalue weighted by atomic mass is 9.92. The zero-order valence-electron chi connectivity index (χ0n) is 11.3. The van der Waals surface area contributed by atoms with Gasteiger partial charge in [0.2, 0.25) is 0 Å². The number of piperidine rings is 1. The summed E-state index contributed by atoms with van der Waals surface area (Å²) in [6.07, 6.45) is 1.35. The number of likely N-dealkylation sites (tertiary alicyclic amines) is 1. The second-order valence-electron chi connectivity index (χ2n) is 5.66. The molecule has 1 unspecified atom stereocenters. The lowest BCUT2D eigenvalue weighted by Gasteiger charge is -2.31. The van der Waals surface area contributed by atoms with Crippen LogP contribution in [0, 0.1) is 17.7 Å². The summed E-state index contributed by atoms with van der Waals surface area (Å²) in [7, 11) is 0. The lowest BCUT2D eigenvalue weighted by Crippen LogP contribution is -3.14. The minimum absolute atomic E-state index is 0.216. The molecule has 2 nitrogen and oxygen atoms in total. The summed E-state index contributed by atoms with van der Waals surface area (Å²) >= 11 is 0. The highest BCUT2D eigenvalue weighted by Crippen LogP contribution is 2.12. The largest absolute Gasteiger partial charge is 0.488 e. The molecule has 0 aromatic heterocycles. The van der Waals surface area contributed by atoms with E-state index in [4.69, 9.17) is 4.74 Å². The average molecular weight is 252 g/mol. The van der Waals surface area contributed by atoms with Gasteiger partial charge in [0.1, 0.15) is 24.7 Å². The molecular formula is C15H23FNO+. The first-order valence-corrected chi connectivity index (χ1v) is 6.85. The van der Waals surface area contributed by atoms with Gasteiger partial charge >= 0.3 is 0 Å². The molecule has 0 aliphatic carbocycles. The lowest BCUT2D eigenvalue weighted by molar-refractivity contribution is -0.912. The van der Waals surface area contributed by atoms with E-state index in [9.17, 15) is 4.39 Å². The minimum atomic E-state index is -0.216. The van der Waals surface area contributed by atoms with Crippen LogP contribution >= 0.6 is 0 Å². The Balaban J connectivity index is 1.73. The molecule has 1 heterocycles. The number of nitrogens with one attached hydrogen (secondary N) is 1. The Morgan fingerprint density at radius 2 is 1.78 bits per heavy atom. The van der Waals surface area contributed by atoms with Gasteiger partial charge in [0.15, 0.2) is 0 Å². The van der Waals surface area contributed by atoms with Gasteiger partial charge < -0.3 is 9.64 Å². The van der Waals surface area contributed by atoms with Crippen molar-refractivity contribution in [3.8, 4) is 5.75 Å². The van der Waals surface area contributed by atoms with Gasteiger partial charge in [-0.1, -0.05) is 13.8 Å². The Hall–Kier alpha value is -1.09. The van der Waals surface area contributed by atoms with Gasteiger partial charge in [-0.2, -0.15) is 0 Å². The predicted octanol–water partition coefficient (Wildman–Crippen LogP) is 1.77. The van der Waals surface area contributed by atoms with E-state index >= 15 is 0 Å². The number of hydrogen-bond donors (Lipinski definition) is 1. The highest BCUT2D eigenvalue weighted by atomic mass is 19.1. The molecule has 3 atom stereocenters. The molecule has 3 heteroatoms. The second kappa shape index (κ2) is 6.19. The zero-order valence-corrected chi connectivity index (χ0v) is 11.3. The summed E-state index contributed by atoms with van der Waals surface area (Å²) in [6.45, 7) is 8.90. The molecule has 1 aliphatic heterocycles. The highest BCUT2D eigenvalue weighted by Gasteiger charge is 2.24. The van der Waals surface area contributed by atoms with E-state index in [0.29, 0.717) is 6.61 Å². The Bertz CT molecular complexity index is 355. The maximum absolute atomic E-state index is 12.7. The van der Waals surface area contributed by atoms with Crippen LogP contribution in [0.2, 0.25) is 0 Å². The fraction of sp³-hybridized carbons (Fsp3) is 0.600. The number of halogens is 1. The van der Waals surface area contributed by atoms with Crippen molar-refractivity contribution in [2.75, 3.05) is 26.2 Å². The van der Waals surface area contributed by atoms with Crippen molar-refractivity contribution in [1.82, 2.24) is 0 Å². The van der Waals surface area contributed by atoms with Crippen molar-refractivity contribution < 1.29 is 14.0 Å². The summed E-state index contributed by atoms with van der Waals surface area (Å²) in [4.78, 5) is 1.63. The maximum Gasteiger partial charge on any atom is 0.137 e. The SMILES string of the molecule is C[C@@H]1C[C@H](C)C[NH+](CCOc2ccc(F)cc2)C1. The predicted molar refractivity (Wildman–Crippen MR) is 70.4 cm³/mol. The second-order valence-corrected chi connectivity index (χ2v) is 5.66. The number of quaternary nitrogens is 1. The molecule has 1 N–H and O–H groups in total. The summed E-state index contributed by atoms with van der Waals surface area (Å²) in [5, 5.41) is 0. The van der Waals surface area contributed by atoms with E-state index < -0.39 is 0 Å². The van der Waals surface area contributed by atoms with Crippen LogP contribution in [-0.4, -0.2) is 26.2 Å². The van der Waals surface area contributed by atoms with Crippen molar-refractivity contribution in [2.45, 2.75) is 20.3 Å². The van der Waals surface area contributed by atoms with Crippen molar-refractivity contribution in [1.29, 1.82) is 0 Å². The molecule has 0 amide bonds. The van der Waals surface area contributed by atoms with E-state index in [1.807, 2.05) is 0 Å². The summed E-state index contributed by atoms with van der Waals surface area (Å²) in [5.41, 5.74) is 0. The zero-order chi connectivity index (χ0) is 13.0. The summed E-state index contributed by atoms with van der Waals surface area (Å²) < 4.78 is 18.4. The molecule has 0 saturated carbocycles. The Morgan fingerprint density at radius 3 is 2.39 bits per heavy atom. The van der Waals surface area contributed by atoms with Crippen molar-refractivity contribution in [3.63, 3.8) is 0 Å². The standard InChI is InChI=1S/C15H22FNO/c1-12-9-13(2)11-17(10-12)7-8-18-15-5-3-14(16)4-6-15/h3-6,12-13H,7-11H2,1-2H3/p+1/t12-,13+. The first-order chi connectivity index (χ1) is 8.63. The highest BCUT2D eigenvalue weighted by molar-refractivity contribution is 5.21. The molecule has 1 aromatic rings. The minimum Gasteiger partial charge on any atom is -0.488 e. The van der Waals surface area contributed by atoms with Crippen LogP contribution in [0.1, 0.15) is 20.3 Å². The first-order valence-electron chi connectivity index (χ1n) is 6.85. The van der Waals surface area contributed by atoms with Gasteiger partial charge in [-0.15, -0.1) is 0 Å². The quantitative estimate of drug-likeness (QED) is 0.862. The molecule has 100 valence electrons. The van der Waals surface area contributed by atoms with Crippen molar-refractivity contribution in [3.05, 3.63) is 30.1 Å². The Kier molecular flexibility index (Phi) is 4.59. The van der Waals surface area contributed by atoms with Crippen LogP contribution in [0.3, 0.4) is 0 Å². The number of benzene rings is 1. The van der Waals surface area contributed by atoms with Crippen LogP contribution < -0.4 is 9.64 Å². The third-order valence-corrected chi connectivity index (χ3v) is 3.62. The molecule has 1 saturated heterocycles. The first kappa shape index (κ1) is 13.3. The number of rotatable bonds is 4. The fourth-order valence-electron chi connectivity index (χ4n) is 2.97. The molecule has 1 aromatic carbocycles. The number of ether oxygens (including phenoxy) is 1. The van der Waals surface area contributed by atoms with Gasteiger partial charge in [-0.25, -0.2) is 4.39 Å². The topological polar surface area (TPSA) is 13.7 Å². The van der Waals surface area contributed by atoms with Gasteiger partial charge in [0, 0.05) is 11.8 Å². The van der Waals surface area contributed by atoms with E-state index in [1.54, 1.807) is 17.0 Å². The third-order valence-electron chi connectivity index (χ3n) is 3.62. The molecule has 1 aliphatic rings. The van der Waals surface area contributed by atoms with Crippen molar-refractivity contribution in [2.24, 2.45) is 11.8 Å². The smallest absolute Gasteiger partial charge is 0.137 e. The van der Waals surface area contributed by atoms with E-state index in [0.717, 1.165) is 24.1 Å². The van der Waals surface area contributed by atoms with Crippen LogP contribution in [0.4, 0.5) is 4.39 Å². The van der Waals surface area contributed by atoms with Crippen LogP contribution in [-0.2, 0) is 0 Å². The van der Waals surface area contributed by atoms with Gasteiger partial charge in [-0.05, 0) is 30.7 Å².